The highest BCUT2D eigenvalue weighted by Crippen LogP contribution is 2.26. The number of phenols is 1. The second kappa shape index (κ2) is 5.14. The molecule has 2 heterocycles. The average molecular weight is 313 g/mol. The van der Waals surface area contributed by atoms with E-state index in [1.54, 1.807) is 0 Å². The molecule has 0 atom stereocenters. The summed E-state index contributed by atoms with van der Waals surface area (Å²) in [5.74, 6) is 0.246. The van der Waals surface area contributed by atoms with Crippen LogP contribution in [0.15, 0.2) is 35.3 Å². The maximum absolute atomic E-state index is 10.5. The van der Waals surface area contributed by atoms with Crippen molar-refractivity contribution >= 4 is 34.8 Å². The number of nitrogens with one attached hydrogen (secondary N) is 2. The summed E-state index contributed by atoms with van der Waals surface area (Å²) in [6.07, 6.45) is 2.88. The number of nitrogens with zero attached hydrogens (tertiary/aromatic N) is 1. The molecule has 22 heavy (non-hydrogen) atoms. The molecular weight excluding hydrogens is 298 g/mol. The number of benzene rings is 2. The Kier molecular flexibility index (Phi) is 3.12. The van der Waals surface area contributed by atoms with Crippen molar-refractivity contribution < 1.29 is 10.1 Å². The number of phenolic OH excluding ortho intramolecular Hbond substituents is 1. The second-order valence-electron chi connectivity index (χ2n) is 5.47. The third-order valence-corrected chi connectivity index (χ3v) is 4.30. The van der Waals surface area contributed by atoms with Gasteiger partial charge in [0.2, 0.25) is 5.75 Å². The number of hydrogen-bond acceptors (Lipinski definition) is 3. The smallest absolute Gasteiger partial charge is 0.257 e. The molecule has 4 rings (SSSR count). The normalized spacial score (nSPS) is 14.7. The summed E-state index contributed by atoms with van der Waals surface area (Å²) in [4.78, 5) is 7.73. The van der Waals surface area contributed by atoms with Crippen LogP contribution in [0.4, 0.5) is 11.4 Å². The zero-order chi connectivity index (χ0) is 15.1. The predicted octanol–water partition coefficient (Wildman–Crippen LogP) is 0.628. The zero-order valence-electron chi connectivity index (χ0n) is 11.9. The molecule has 2 aromatic carbocycles. The number of anilines is 1. The van der Waals surface area contributed by atoms with Crippen LogP contribution in [0.5, 0.6) is 5.75 Å². The Balaban J connectivity index is 1.70. The molecular formula is C17H15ClN3O+. The molecule has 0 saturated carbocycles. The molecule has 2 aromatic rings. The molecule has 0 aromatic heterocycles. The molecule has 0 aliphatic carbocycles. The van der Waals surface area contributed by atoms with E-state index in [1.165, 1.54) is 5.57 Å². The monoisotopic (exact) mass is 312 g/mol. The van der Waals surface area contributed by atoms with Crippen molar-refractivity contribution in [1.29, 1.82) is 0 Å². The van der Waals surface area contributed by atoms with Gasteiger partial charge < -0.3 is 10.4 Å². The lowest BCUT2D eigenvalue weighted by molar-refractivity contribution is -0.345. The summed E-state index contributed by atoms with van der Waals surface area (Å²) in [6, 6.07) is 9.57. The standard InChI is InChI=1S/C17H14ClN3O/c18-12-3-1-10(2-4-12)8-20-14-7-13-15-11(5-6-19-13)9-21-16(15)17(14)22/h1-4,7,9,20,22H,5-6,8H2/p+1. The molecule has 0 radical (unpaired) electrons. The molecule has 4 nitrogen and oxygen atoms in total. The minimum absolute atomic E-state index is 0.246. The van der Waals surface area contributed by atoms with E-state index >= 15 is 0 Å². The van der Waals surface area contributed by atoms with Crippen molar-refractivity contribution in [1.82, 2.24) is 0 Å². The van der Waals surface area contributed by atoms with Gasteiger partial charge in [0.15, 0.2) is 6.21 Å². The van der Waals surface area contributed by atoms with Crippen molar-refractivity contribution in [3.8, 4) is 5.75 Å². The van der Waals surface area contributed by atoms with E-state index in [2.05, 4.69) is 15.3 Å². The quantitative estimate of drug-likeness (QED) is 0.728. The summed E-state index contributed by atoms with van der Waals surface area (Å²) in [5, 5.41) is 16.4. The van der Waals surface area contributed by atoms with Crippen LogP contribution in [0.3, 0.4) is 0 Å². The first-order chi connectivity index (χ1) is 10.7. The molecule has 110 valence electrons. The van der Waals surface area contributed by atoms with E-state index in [9.17, 15) is 5.11 Å². The number of halogens is 1. The second-order valence-corrected chi connectivity index (χ2v) is 5.90. The minimum Gasteiger partial charge on any atom is -0.501 e. The first kappa shape index (κ1) is 13.3. The Morgan fingerprint density at radius 1 is 1.27 bits per heavy atom. The van der Waals surface area contributed by atoms with Crippen LogP contribution in [-0.4, -0.2) is 17.9 Å². The van der Waals surface area contributed by atoms with Gasteiger partial charge in [-0.25, -0.2) is 4.99 Å². The van der Waals surface area contributed by atoms with Gasteiger partial charge in [0.25, 0.3) is 5.69 Å². The third-order valence-electron chi connectivity index (χ3n) is 4.05. The van der Waals surface area contributed by atoms with Gasteiger partial charge in [0.1, 0.15) is 0 Å². The van der Waals surface area contributed by atoms with Crippen molar-refractivity contribution in [3.05, 3.63) is 51.5 Å². The van der Waals surface area contributed by atoms with Crippen LogP contribution in [-0.2, 0) is 6.54 Å². The third kappa shape index (κ3) is 2.16. The molecule has 0 bridgehead atoms. The van der Waals surface area contributed by atoms with E-state index in [1.807, 2.05) is 36.5 Å². The molecule has 0 saturated heterocycles. The van der Waals surface area contributed by atoms with Crippen LogP contribution < -0.4 is 20.9 Å². The number of hydrogen-bond donors (Lipinski definition) is 3. The summed E-state index contributed by atoms with van der Waals surface area (Å²) < 4.78 is 0. The SMILES string of the molecule is Oc1c(NCc2ccc(Cl)cc2)cc2c3c1[NH+]=CC=3CCN=2. The summed E-state index contributed by atoms with van der Waals surface area (Å²) >= 11 is 5.89. The highest BCUT2D eigenvalue weighted by molar-refractivity contribution is 6.30. The fraction of sp³-hybridized carbons (Fsp3) is 0.176. The fourth-order valence-corrected chi connectivity index (χ4v) is 3.03. The van der Waals surface area contributed by atoms with Crippen molar-refractivity contribution in [2.75, 3.05) is 11.9 Å². The summed E-state index contributed by atoms with van der Waals surface area (Å²) in [6.45, 7) is 1.41. The Morgan fingerprint density at radius 3 is 2.91 bits per heavy atom. The molecule has 0 amide bonds. The van der Waals surface area contributed by atoms with E-state index in [0.717, 1.165) is 39.8 Å². The Hall–Kier alpha value is -2.33. The highest BCUT2D eigenvalue weighted by atomic mass is 35.5. The molecule has 2 aliphatic heterocycles. The van der Waals surface area contributed by atoms with E-state index in [4.69, 9.17) is 11.6 Å². The molecule has 0 fully saturated rings. The molecule has 2 aliphatic rings. The molecule has 5 heteroatoms. The predicted molar refractivity (Wildman–Crippen MR) is 87.2 cm³/mol. The van der Waals surface area contributed by atoms with Crippen molar-refractivity contribution in [3.63, 3.8) is 0 Å². The Morgan fingerprint density at radius 2 is 2.09 bits per heavy atom. The van der Waals surface area contributed by atoms with Gasteiger partial charge in [0.05, 0.1) is 16.3 Å². The van der Waals surface area contributed by atoms with Gasteiger partial charge in [-0.2, -0.15) is 0 Å². The van der Waals surface area contributed by atoms with Gasteiger partial charge in [-0.15, -0.1) is 0 Å². The van der Waals surface area contributed by atoms with Crippen LogP contribution in [0.1, 0.15) is 12.0 Å². The number of rotatable bonds is 3. The lowest BCUT2D eigenvalue weighted by Gasteiger charge is -2.10. The van der Waals surface area contributed by atoms with Crippen LogP contribution in [0, 0.1) is 0 Å². The van der Waals surface area contributed by atoms with Gasteiger partial charge >= 0.3 is 0 Å². The summed E-state index contributed by atoms with van der Waals surface area (Å²) in [5.41, 5.74) is 3.77. The van der Waals surface area contributed by atoms with Gasteiger partial charge in [0, 0.05) is 23.7 Å². The van der Waals surface area contributed by atoms with Crippen LogP contribution >= 0.6 is 11.6 Å². The topological polar surface area (TPSA) is 58.6 Å². The fourth-order valence-electron chi connectivity index (χ4n) is 2.91. The van der Waals surface area contributed by atoms with Gasteiger partial charge in [-0.3, -0.25) is 4.99 Å². The lowest BCUT2D eigenvalue weighted by atomic mass is 10.1. The first-order valence-corrected chi connectivity index (χ1v) is 7.62. The first-order valence-electron chi connectivity index (χ1n) is 7.24. The number of aromatic hydroxyl groups is 1. The molecule has 3 N–H and O–H groups in total. The van der Waals surface area contributed by atoms with Crippen molar-refractivity contribution in [2.45, 2.75) is 13.0 Å². The van der Waals surface area contributed by atoms with Gasteiger partial charge in [-0.1, -0.05) is 23.7 Å². The maximum atomic E-state index is 10.5. The summed E-state index contributed by atoms with van der Waals surface area (Å²) in [7, 11) is 0. The minimum atomic E-state index is 0.246. The Bertz CT molecular complexity index is 901. The van der Waals surface area contributed by atoms with E-state index < -0.39 is 0 Å². The van der Waals surface area contributed by atoms with E-state index in [-0.39, 0.29) is 5.75 Å². The molecule has 0 spiro atoms. The highest BCUT2D eigenvalue weighted by Gasteiger charge is 2.24. The van der Waals surface area contributed by atoms with Crippen LogP contribution in [0.25, 0.3) is 5.57 Å². The van der Waals surface area contributed by atoms with Crippen molar-refractivity contribution in [2.24, 2.45) is 4.99 Å². The molecule has 0 unspecified atom stereocenters. The average Bonchev–Trinajstić information content (AvgIpc) is 2.97. The lowest BCUT2D eigenvalue weighted by Crippen LogP contribution is -2.61. The Labute approximate surface area is 132 Å². The van der Waals surface area contributed by atoms with E-state index in [0.29, 0.717) is 12.2 Å². The largest absolute Gasteiger partial charge is 0.501 e. The van der Waals surface area contributed by atoms with Gasteiger partial charge in [-0.05, 0) is 30.2 Å². The maximum Gasteiger partial charge on any atom is 0.257 e. The van der Waals surface area contributed by atoms with Crippen LogP contribution in [0.2, 0.25) is 5.02 Å². The zero-order valence-corrected chi connectivity index (χ0v) is 12.6.